The quantitative estimate of drug-likeness (QED) is 0.669. The Morgan fingerprint density at radius 3 is 2.73 bits per heavy atom. The summed E-state index contributed by atoms with van der Waals surface area (Å²) in [5, 5.41) is 11.6. The minimum atomic E-state index is -0.369. The Balaban J connectivity index is 1.46. The molecule has 0 spiro atoms. The number of nitrogens with one attached hydrogen (secondary N) is 1. The van der Waals surface area contributed by atoms with Crippen molar-refractivity contribution in [3.63, 3.8) is 0 Å². The third kappa shape index (κ3) is 5.61. The fourth-order valence-corrected chi connectivity index (χ4v) is 3.14. The number of hydrogen-bond acceptors (Lipinski definition) is 6. The molecule has 158 valence electrons. The van der Waals surface area contributed by atoms with E-state index in [9.17, 15) is 9.18 Å². The second kappa shape index (κ2) is 10.5. The fourth-order valence-electron chi connectivity index (χ4n) is 3.14. The number of amides is 1. The van der Waals surface area contributed by atoms with E-state index < -0.39 is 0 Å². The number of nitrogens with zero attached hydrogens (tertiary/aromatic N) is 2. The van der Waals surface area contributed by atoms with Crippen molar-refractivity contribution in [1.82, 2.24) is 0 Å². The molecule has 30 heavy (non-hydrogen) atoms. The average molecular weight is 413 g/mol. The van der Waals surface area contributed by atoms with Crippen LogP contribution in [-0.2, 0) is 9.53 Å². The molecule has 0 saturated carbocycles. The number of halogens is 1. The molecule has 0 atom stereocenters. The number of carbonyl (C=O) groups is 1. The van der Waals surface area contributed by atoms with E-state index >= 15 is 0 Å². The number of ether oxygens (including phenoxy) is 3. The third-order valence-electron chi connectivity index (χ3n) is 4.68. The molecule has 1 N–H and O–H groups in total. The van der Waals surface area contributed by atoms with E-state index in [0.717, 1.165) is 0 Å². The van der Waals surface area contributed by atoms with Gasteiger partial charge in [-0.15, -0.1) is 0 Å². The van der Waals surface area contributed by atoms with Gasteiger partial charge in [0.05, 0.1) is 44.3 Å². The number of benzene rings is 2. The van der Waals surface area contributed by atoms with E-state index in [0.29, 0.717) is 67.8 Å². The van der Waals surface area contributed by atoms with Gasteiger partial charge >= 0.3 is 0 Å². The number of hydrogen-bond donors (Lipinski definition) is 1. The summed E-state index contributed by atoms with van der Waals surface area (Å²) in [7, 11) is 1.50. The van der Waals surface area contributed by atoms with Crippen molar-refractivity contribution in [2.24, 2.45) is 0 Å². The van der Waals surface area contributed by atoms with Crippen molar-refractivity contribution in [1.29, 1.82) is 5.26 Å². The van der Waals surface area contributed by atoms with Crippen LogP contribution in [0, 0.1) is 17.1 Å². The highest BCUT2D eigenvalue weighted by atomic mass is 19.1. The molecule has 3 rings (SSSR count). The second-order valence-corrected chi connectivity index (χ2v) is 6.74. The molecule has 2 aromatic carbocycles. The summed E-state index contributed by atoms with van der Waals surface area (Å²) >= 11 is 0. The summed E-state index contributed by atoms with van der Waals surface area (Å²) in [6, 6.07) is 11.6. The molecule has 1 amide bonds. The van der Waals surface area contributed by atoms with Gasteiger partial charge in [0.15, 0.2) is 11.5 Å². The summed E-state index contributed by atoms with van der Waals surface area (Å²) in [5.41, 5.74) is 1.41. The van der Waals surface area contributed by atoms with Crippen molar-refractivity contribution in [2.75, 3.05) is 50.2 Å². The molecule has 0 aliphatic carbocycles. The first-order chi connectivity index (χ1) is 14.6. The second-order valence-electron chi connectivity index (χ2n) is 6.74. The Morgan fingerprint density at radius 2 is 2.03 bits per heavy atom. The van der Waals surface area contributed by atoms with E-state index in [1.165, 1.54) is 13.2 Å². The molecule has 1 heterocycles. The van der Waals surface area contributed by atoms with Crippen LogP contribution in [-0.4, -0.2) is 45.9 Å². The highest BCUT2D eigenvalue weighted by Crippen LogP contribution is 2.28. The van der Waals surface area contributed by atoms with Gasteiger partial charge in [0.1, 0.15) is 5.82 Å². The lowest BCUT2D eigenvalue weighted by molar-refractivity contribution is -0.116. The molecule has 0 radical (unpaired) electrons. The van der Waals surface area contributed by atoms with Crippen LogP contribution in [0.3, 0.4) is 0 Å². The van der Waals surface area contributed by atoms with Crippen LogP contribution in [0.25, 0.3) is 0 Å². The average Bonchev–Trinajstić information content (AvgIpc) is 2.77. The number of methoxy groups -OCH3 is 1. The normalized spacial score (nSPS) is 13.4. The van der Waals surface area contributed by atoms with E-state index in [1.54, 1.807) is 30.3 Å². The monoisotopic (exact) mass is 413 g/mol. The summed E-state index contributed by atoms with van der Waals surface area (Å²) < 4.78 is 30.6. The van der Waals surface area contributed by atoms with Crippen LogP contribution in [0.1, 0.15) is 18.4 Å². The zero-order valence-corrected chi connectivity index (χ0v) is 16.8. The molecule has 0 unspecified atom stereocenters. The maximum Gasteiger partial charge on any atom is 0.224 e. The first-order valence-corrected chi connectivity index (χ1v) is 9.73. The Bertz CT molecular complexity index is 923. The predicted octanol–water partition coefficient (Wildman–Crippen LogP) is 3.34. The molecule has 0 bridgehead atoms. The Morgan fingerprint density at radius 1 is 1.23 bits per heavy atom. The van der Waals surface area contributed by atoms with Gasteiger partial charge in [0, 0.05) is 31.3 Å². The minimum Gasteiger partial charge on any atom is -0.493 e. The molecular weight excluding hydrogens is 389 g/mol. The van der Waals surface area contributed by atoms with Crippen LogP contribution < -0.4 is 19.7 Å². The van der Waals surface area contributed by atoms with Gasteiger partial charge in [-0.25, -0.2) is 4.39 Å². The number of anilines is 2. The van der Waals surface area contributed by atoms with Crippen LogP contribution >= 0.6 is 0 Å². The highest BCUT2D eigenvalue weighted by molar-refractivity contribution is 5.90. The van der Waals surface area contributed by atoms with Crippen LogP contribution in [0.4, 0.5) is 15.8 Å². The Hall–Kier alpha value is -3.31. The smallest absolute Gasteiger partial charge is 0.224 e. The molecule has 1 aliphatic heterocycles. The van der Waals surface area contributed by atoms with Crippen LogP contribution in [0.5, 0.6) is 11.5 Å². The van der Waals surface area contributed by atoms with Crippen molar-refractivity contribution in [3.8, 4) is 17.6 Å². The summed E-state index contributed by atoms with van der Waals surface area (Å²) in [6.45, 7) is 2.75. The maximum atomic E-state index is 14.4. The van der Waals surface area contributed by atoms with Gasteiger partial charge in [-0.1, -0.05) is 0 Å². The summed E-state index contributed by atoms with van der Waals surface area (Å²) in [4.78, 5) is 14.1. The largest absolute Gasteiger partial charge is 0.493 e. The van der Waals surface area contributed by atoms with Crippen molar-refractivity contribution >= 4 is 17.3 Å². The molecule has 7 nitrogen and oxygen atoms in total. The molecule has 1 fully saturated rings. The SMILES string of the molecule is COc1cc(C#N)ccc1OCCCC(=O)Nc1ccc(N2CCOCC2)c(F)c1. The van der Waals surface area contributed by atoms with Gasteiger partial charge in [-0.3, -0.25) is 4.79 Å². The number of rotatable bonds is 8. The van der Waals surface area contributed by atoms with Crippen molar-refractivity contribution in [2.45, 2.75) is 12.8 Å². The van der Waals surface area contributed by atoms with Crippen LogP contribution in [0.15, 0.2) is 36.4 Å². The fraction of sp³-hybridized carbons (Fsp3) is 0.364. The van der Waals surface area contributed by atoms with E-state index in [4.69, 9.17) is 19.5 Å². The van der Waals surface area contributed by atoms with Gasteiger partial charge in [-0.2, -0.15) is 5.26 Å². The third-order valence-corrected chi connectivity index (χ3v) is 4.68. The van der Waals surface area contributed by atoms with Crippen LogP contribution in [0.2, 0.25) is 0 Å². The lowest BCUT2D eigenvalue weighted by Crippen LogP contribution is -2.36. The van der Waals surface area contributed by atoms with Crippen molar-refractivity contribution < 1.29 is 23.4 Å². The van der Waals surface area contributed by atoms with E-state index in [2.05, 4.69) is 5.32 Å². The number of morpholine rings is 1. The first-order valence-electron chi connectivity index (χ1n) is 9.73. The van der Waals surface area contributed by atoms with E-state index in [1.807, 2.05) is 11.0 Å². The molecule has 2 aromatic rings. The van der Waals surface area contributed by atoms with Gasteiger partial charge in [0.25, 0.3) is 0 Å². The first kappa shape index (κ1) is 21.4. The number of nitriles is 1. The molecular formula is C22H24FN3O4. The summed E-state index contributed by atoms with van der Waals surface area (Å²) in [5.74, 6) is 0.391. The molecule has 1 aliphatic rings. The zero-order valence-electron chi connectivity index (χ0n) is 16.8. The van der Waals surface area contributed by atoms with Gasteiger partial charge < -0.3 is 24.4 Å². The van der Waals surface area contributed by atoms with E-state index in [-0.39, 0.29) is 18.1 Å². The Kier molecular flexibility index (Phi) is 7.46. The molecule has 1 saturated heterocycles. The van der Waals surface area contributed by atoms with Gasteiger partial charge in [0.2, 0.25) is 5.91 Å². The zero-order chi connectivity index (χ0) is 21.3. The standard InChI is InChI=1S/C22H24FN3O4/c1-28-21-13-16(15-24)4-7-20(21)30-10-2-3-22(27)25-17-5-6-19(18(23)14-17)26-8-11-29-12-9-26/h4-7,13-14H,2-3,8-12H2,1H3,(H,25,27). The summed E-state index contributed by atoms with van der Waals surface area (Å²) in [6.07, 6.45) is 0.703. The lowest BCUT2D eigenvalue weighted by atomic mass is 10.2. The topological polar surface area (TPSA) is 83.8 Å². The Labute approximate surface area is 175 Å². The number of carbonyl (C=O) groups excluding carboxylic acids is 1. The predicted molar refractivity (Wildman–Crippen MR) is 110 cm³/mol. The molecule has 8 heteroatoms. The minimum absolute atomic E-state index is 0.219. The maximum absolute atomic E-state index is 14.4. The lowest BCUT2D eigenvalue weighted by Gasteiger charge is -2.29. The molecule has 0 aromatic heterocycles. The van der Waals surface area contributed by atoms with Gasteiger partial charge in [-0.05, 0) is 36.8 Å². The van der Waals surface area contributed by atoms with Crippen molar-refractivity contribution in [3.05, 3.63) is 47.8 Å². The highest BCUT2D eigenvalue weighted by Gasteiger charge is 2.16.